The molecule has 0 unspecified atom stereocenters. The molecule has 0 aliphatic rings. The van der Waals surface area contributed by atoms with Crippen molar-refractivity contribution in [3.63, 3.8) is 0 Å². The Balaban J connectivity index is 1.94. The van der Waals surface area contributed by atoms with E-state index >= 15 is 0 Å². The van der Waals surface area contributed by atoms with Crippen molar-refractivity contribution < 1.29 is 27.8 Å². The minimum atomic E-state index is -3.01. The highest BCUT2D eigenvalue weighted by Gasteiger charge is 2.14. The van der Waals surface area contributed by atoms with Crippen molar-refractivity contribution in [2.75, 3.05) is 11.9 Å². The van der Waals surface area contributed by atoms with Crippen LogP contribution in [0.15, 0.2) is 42.5 Å². The SMILES string of the molecule is Cc1ccc(C(=O)OCC(=O)Nc2ccccc2OC(F)F)cc1C. The Morgan fingerprint density at radius 1 is 1.08 bits per heavy atom. The molecule has 0 spiro atoms. The van der Waals surface area contributed by atoms with Gasteiger partial charge >= 0.3 is 12.6 Å². The molecule has 5 nitrogen and oxygen atoms in total. The fourth-order valence-corrected chi connectivity index (χ4v) is 2.04. The van der Waals surface area contributed by atoms with Gasteiger partial charge < -0.3 is 14.8 Å². The van der Waals surface area contributed by atoms with Crippen LogP contribution in [0.25, 0.3) is 0 Å². The number of halogens is 2. The Labute approximate surface area is 143 Å². The highest BCUT2D eigenvalue weighted by Crippen LogP contribution is 2.25. The van der Waals surface area contributed by atoms with E-state index in [0.717, 1.165) is 11.1 Å². The molecule has 0 saturated heterocycles. The summed E-state index contributed by atoms with van der Waals surface area (Å²) in [6.45, 7) is 0.213. The predicted octanol–water partition coefficient (Wildman–Crippen LogP) is 3.70. The molecule has 0 bridgehead atoms. The van der Waals surface area contributed by atoms with E-state index in [4.69, 9.17) is 4.74 Å². The maximum absolute atomic E-state index is 12.3. The van der Waals surface area contributed by atoms with Gasteiger partial charge in [0.05, 0.1) is 11.3 Å². The third-order valence-electron chi connectivity index (χ3n) is 3.45. The Hall–Kier alpha value is -2.96. The molecule has 2 aromatic rings. The Kier molecular flexibility index (Phi) is 6.05. The van der Waals surface area contributed by atoms with Crippen LogP contribution in [0.2, 0.25) is 0 Å². The van der Waals surface area contributed by atoms with Crippen molar-refractivity contribution >= 4 is 17.6 Å². The quantitative estimate of drug-likeness (QED) is 0.808. The van der Waals surface area contributed by atoms with Crippen LogP contribution in [-0.4, -0.2) is 25.1 Å². The zero-order valence-corrected chi connectivity index (χ0v) is 13.7. The Bertz CT molecular complexity index is 777. The van der Waals surface area contributed by atoms with Gasteiger partial charge in [-0.25, -0.2) is 4.79 Å². The molecule has 0 fully saturated rings. The van der Waals surface area contributed by atoms with Crippen LogP contribution in [-0.2, 0) is 9.53 Å². The number of amides is 1. The average molecular weight is 349 g/mol. The largest absolute Gasteiger partial charge is 0.452 e. The number of nitrogens with one attached hydrogen (secondary N) is 1. The summed E-state index contributed by atoms with van der Waals surface area (Å²) in [4.78, 5) is 23.8. The van der Waals surface area contributed by atoms with E-state index in [2.05, 4.69) is 10.1 Å². The third kappa shape index (κ3) is 5.27. The summed E-state index contributed by atoms with van der Waals surface area (Å²) in [5.41, 5.74) is 2.36. The molecular weight excluding hydrogens is 332 g/mol. The molecule has 2 rings (SSSR count). The van der Waals surface area contributed by atoms with Gasteiger partial charge in [-0.05, 0) is 49.2 Å². The van der Waals surface area contributed by atoms with Gasteiger partial charge in [-0.2, -0.15) is 8.78 Å². The summed E-state index contributed by atoms with van der Waals surface area (Å²) in [7, 11) is 0. The minimum absolute atomic E-state index is 0.0648. The third-order valence-corrected chi connectivity index (χ3v) is 3.45. The number of aryl methyl sites for hydroxylation is 2. The van der Waals surface area contributed by atoms with Crippen LogP contribution < -0.4 is 10.1 Å². The summed E-state index contributed by atoms with van der Waals surface area (Å²) in [5, 5.41) is 2.37. The lowest BCUT2D eigenvalue weighted by Crippen LogP contribution is -2.21. The molecule has 0 aliphatic heterocycles. The molecule has 7 heteroatoms. The molecule has 25 heavy (non-hydrogen) atoms. The van der Waals surface area contributed by atoms with Gasteiger partial charge in [0.1, 0.15) is 5.75 Å². The number of ether oxygens (including phenoxy) is 2. The first-order valence-electron chi connectivity index (χ1n) is 7.45. The van der Waals surface area contributed by atoms with Gasteiger partial charge in [0.15, 0.2) is 6.61 Å². The molecular formula is C18H17F2NO4. The van der Waals surface area contributed by atoms with Crippen LogP contribution in [0.5, 0.6) is 5.75 Å². The number of rotatable bonds is 6. The van der Waals surface area contributed by atoms with E-state index in [1.807, 2.05) is 13.8 Å². The first-order valence-corrected chi connectivity index (χ1v) is 7.45. The summed E-state index contributed by atoms with van der Waals surface area (Å²) < 4.78 is 33.9. The average Bonchev–Trinajstić information content (AvgIpc) is 2.56. The van der Waals surface area contributed by atoms with Crippen LogP contribution in [0.4, 0.5) is 14.5 Å². The van der Waals surface area contributed by atoms with Crippen molar-refractivity contribution in [2.24, 2.45) is 0 Å². The second-order valence-corrected chi connectivity index (χ2v) is 5.30. The summed E-state index contributed by atoms with van der Waals surface area (Å²) >= 11 is 0. The van der Waals surface area contributed by atoms with E-state index < -0.39 is 25.1 Å². The number of carbonyl (C=O) groups excluding carboxylic acids is 2. The molecule has 1 amide bonds. The van der Waals surface area contributed by atoms with Gasteiger partial charge in [0.25, 0.3) is 5.91 Å². The van der Waals surface area contributed by atoms with E-state index in [0.29, 0.717) is 5.56 Å². The van der Waals surface area contributed by atoms with Crippen molar-refractivity contribution in [3.8, 4) is 5.75 Å². The van der Waals surface area contributed by atoms with Crippen LogP contribution in [0.3, 0.4) is 0 Å². The summed E-state index contributed by atoms with van der Waals surface area (Å²) in [5.74, 6) is -1.48. The lowest BCUT2D eigenvalue weighted by molar-refractivity contribution is -0.119. The monoisotopic (exact) mass is 349 g/mol. The number of anilines is 1. The van der Waals surface area contributed by atoms with E-state index in [-0.39, 0.29) is 11.4 Å². The fourth-order valence-electron chi connectivity index (χ4n) is 2.04. The molecule has 1 N–H and O–H groups in total. The zero-order chi connectivity index (χ0) is 18.4. The molecule has 0 aromatic heterocycles. The number of carbonyl (C=O) groups is 2. The van der Waals surface area contributed by atoms with Crippen LogP contribution in [0.1, 0.15) is 21.5 Å². The zero-order valence-electron chi connectivity index (χ0n) is 13.7. The van der Waals surface area contributed by atoms with Gasteiger partial charge in [0.2, 0.25) is 0 Å². The van der Waals surface area contributed by atoms with Crippen LogP contribution in [0, 0.1) is 13.8 Å². The smallest absolute Gasteiger partial charge is 0.387 e. The number of benzene rings is 2. The molecule has 0 saturated carbocycles. The number of hydrogen-bond donors (Lipinski definition) is 1. The number of para-hydroxylation sites is 2. The number of alkyl halides is 2. The maximum atomic E-state index is 12.3. The normalized spacial score (nSPS) is 10.4. The Morgan fingerprint density at radius 2 is 1.80 bits per heavy atom. The Morgan fingerprint density at radius 3 is 2.48 bits per heavy atom. The molecule has 132 valence electrons. The topological polar surface area (TPSA) is 64.6 Å². The van der Waals surface area contributed by atoms with Gasteiger partial charge in [0, 0.05) is 0 Å². The lowest BCUT2D eigenvalue weighted by atomic mass is 10.1. The fraction of sp³-hybridized carbons (Fsp3) is 0.222. The van der Waals surface area contributed by atoms with Crippen molar-refractivity contribution in [2.45, 2.75) is 20.5 Å². The van der Waals surface area contributed by atoms with Gasteiger partial charge in [-0.1, -0.05) is 18.2 Å². The van der Waals surface area contributed by atoms with Crippen molar-refractivity contribution in [1.82, 2.24) is 0 Å². The molecule has 0 aliphatic carbocycles. The van der Waals surface area contributed by atoms with Crippen LogP contribution >= 0.6 is 0 Å². The molecule has 0 radical (unpaired) electrons. The number of esters is 1. The maximum Gasteiger partial charge on any atom is 0.387 e. The van der Waals surface area contributed by atoms with Gasteiger partial charge in [-0.15, -0.1) is 0 Å². The first kappa shape index (κ1) is 18.4. The van der Waals surface area contributed by atoms with Gasteiger partial charge in [-0.3, -0.25) is 4.79 Å². The second-order valence-electron chi connectivity index (χ2n) is 5.30. The van der Waals surface area contributed by atoms with E-state index in [1.165, 1.54) is 18.2 Å². The van der Waals surface area contributed by atoms with E-state index in [9.17, 15) is 18.4 Å². The van der Waals surface area contributed by atoms with Crippen molar-refractivity contribution in [1.29, 1.82) is 0 Å². The molecule has 0 atom stereocenters. The molecule has 0 heterocycles. The summed E-state index contributed by atoms with van der Waals surface area (Å²) in [6, 6.07) is 10.8. The minimum Gasteiger partial charge on any atom is -0.452 e. The lowest BCUT2D eigenvalue weighted by Gasteiger charge is -2.12. The van der Waals surface area contributed by atoms with Crippen molar-refractivity contribution in [3.05, 3.63) is 59.2 Å². The summed E-state index contributed by atoms with van der Waals surface area (Å²) in [6.07, 6.45) is 0. The number of hydrogen-bond acceptors (Lipinski definition) is 4. The second kappa shape index (κ2) is 8.23. The molecule has 2 aromatic carbocycles. The first-order chi connectivity index (χ1) is 11.9. The highest BCUT2D eigenvalue weighted by molar-refractivity contribution is 5.96. The van der Waals surface area contributed by atoms with E-state index in [1.54, 1.807) is 24.3 Å². The predicted molar refractivity (Wildman–Crippen MR) is 87.9 cm³/mol. The highest BCUT2D eigenvalue weighted by atomic mass is 19.3. The standard InChI is InChI=1S/C18H17F2NO4/c1-11-7-8-13(9-12(11)2)17(23)24-10-16(22)21-14-5-3-4-6-15(14)25-18(19)20/h3-9,18H,10H2,1-2H3,(H,21,22).